The van der Waals surface area contributed by atoms with Gasteiger partial charge >= 0.3 is 0 Å². The SMILES string of the molecule is COc1ccccc1CNc1nc(N2CCCC2)c2ccccc2n1. The fraction of sp³-hybridized carbons (Fsp3) is 0.300. The summed E-state index contributed by atoms with van der Waals surface area (Å²) in [6.45, 7) is 2.75. The summed E-state index contributed by atoms with van der Waals surface area (Å²) in [6, 6.07) is 16.2. The van der Waals surface area contributed by atoms with Gasteiger partial charge in [0.15, 0.2) is 0 Å². The maximum Gasteiger partial charge on any atom is 0.225 e. The first kappa shape index (κ1) is 15.7. The highest BCUT2D eigenvalue weighted by Gasteiger charge is 2.18. The van der Waals surface area contributed by atoms with Gasteiger partial charge in [-0.2, -0.15) is 4.98 Å². The lowest BCUT2D eigenvalue weighted by molar-refractivity contribution is 0.410. The zero-order valence-corrected chi connectivity index (χ0v) is 14.4. The van der Waals surface area contributed by atoms with E-state index in [2.05, 4.69) is 21.3 Å². The van der Waals surface area contributed by atoms with Gasteiger partial charge in [-0.3, -0.25) is 0 Å². The van der Waals surface area contributed by atoms with E-state index in [9.17, 15) is 0 Å². The molecule has 0 spiro atoms. The van der Waals surface area contributed by atoms with E-state index in [1.807, 2.05) is 42.5 Å². The van der Waals surface area contributed by atoms with Gasteiger partial charge in [0.1, 0.15) is 11.6 Å². The topological polar surface area (TPSA) is 50.3 Å². The summed E-state index contributed by atoms with van der Waals surface area (Å²) in [6.07, 6.45) is 2.45. The average Bonchev–Trinajstić information content (AvgIpc) is 3.20. The van der Waals surface area contributed by atoms with Crippen molar-refractivity contribution in [1.82, 2.24) is 9.97 Å². The molecule has 0 bridgehead atoms. The standard InChI is InChI=1S/C20H22N4O/c1-25-18-11-5-2-8-15(18)14-21-20-22-17-10-4-3-9-16(17)19(23-20)24-12-6-7-13-24/h2-5,8-11H,6-7,12-14H2,1H3,(H,21,22,23). The molecule has 5 nitrogen and oxygen atoms in total. The molecule has 1 fully saturated rings. The molecule has 0 atom stereocenters. The minimum Gasteiger partial charge on any atom is -0.496 e. The number of para-hydroxylation sites is 2. The van der Waals surface area contributed by atoms with Gasteiger partial charge in [0.05, 0.1) is 12.6 Å². The van der Waals surface area contributed by atoms with Crippen LogP contribution >= 0.6 is 0 Å². The van der Waals surface area contributed by atoms with Gasteiger partial charge in [0.2, 0.25) is 5.95 Å². The molecule has 3 aromatic rings. The molecule has 1 aliphatic rings. The van der Waals surface area contributed by atoms with Crippen molar-refractivity contribution in [3.63, 3.8) is 0 Å². The maximum atomic E-state index is 5.42. The molecule has 0 amide bonds. The third-order valence-electron chi connectivity index (χ3n) is 4.62. The first-order valence-corrected chi connectivity index (χ1v) is 8.72. The Hall–Kier alpha value is -2.82. The summed E-state index contributed by atoms with van der Waals surface area (Å²) < 4.78 is 5.42. The number of hydrogen-bond donors (Lipinski definition) is 1. The molecule has 0 saturated carbocycles. The van der Waals surface area contributed by atoms with Crippen molar-refractivity contribution in [2.75, 3.05) is 30.4 Å². The Bertz CT molecular complexity index is 874. The molecule has 1 aromatic heterocycles. The smallest absolute Gasteiger partial charge is 0.225 e. The van der Waals surface area contributed by atoms with Crippen LogP contribution < -0.4 is 15.0 Å². The van der Waals surface area contributed by atoms with Crippen LogP contribution in [0.3, 0.4) is 0 Å². The van der Waals surface area contributed by atoms with Crippen LogP contribution in [0.15, 0.2) is 48.5 Å². The monoisotopic (exact) mass is 334 g/mol. The van der Waals surface area contributed by atoms with Gasteiger partial charge in [-0.25, -0.2) is 4.98 Å². The number of methoxy groups -OCH3 is 1. The second-order valence-corrected chi connectivity index (χ2v) is 6.25. The van der Waals surface area contributed by atoms with E-state index in [1.165, 1.54) is 12.8 Å². The minimum atomic E-state index is 0.627. The van der Waals surface area contributed by atoms with Crippen molar-refractivity contribution in [2.45, 2.75) is 19.4 Å². The Kier molecular flexibility index (Phi) is 4.37. The number of benzene rings is 2. The molecule has 0 aliphatic carbocycles. The van der Waals surface area contributed by atoms with Crippen molar-refractivity contribution in [2.24, 2.45) is 0 Å². The molecular weight excluding hydrogens is 312 g/mol. The Morgan fingerprint density at radius 3 is 2.60 bits per heavy atom. The van der Waals surface area contributed by atoms with Crippen LogP contribution in [0.2, 0.25) is 0 Å². The fourth-order valence-electron chi connectivity index (χ4n) is 3.33. The van der Waals surface area contributed by atoms with E-state index in [1.54, 1.807) is 7.11 Å². The highest BCUT2D eigenvalue weighted by molar-refractivity contribution is 5.90. The molecule has 0 radical (unpaired) electrons. The summed E-state index contributed by atoms with van der Waals surface area (Å²) in [4.78, 5) is 11.9. The molecule has 25 heavy (non-hydrogen) atoms. The molecular formula is C20H22N4O. The van der Waals surface area contributed by atoms with Gasteiger partial charge in [-0.05, 0) is 31.0 Å². The molecule has 1 aliphatic heterocycles. The Morgan fingerprint density at radius 1 is 1.00 bits per heavy atom. The number of hydrogen-bond acceptors (Lipinski definition) is 5. The minimum absolute atomic E-state index is 0.627. The summed E-state index contributed by atoms with van der Waals surface area (Å²) in [5, 5.41) is 4.48. The third-order valence-corrected chi connectivity index (χ3v) is 4.62. The third kappa shape index (κ3) is 3.22. The normalized spacial score (nSPS) is 14.0. The van der Waals surface area contributed by atoms with Crippen molar-refractivity contribution in [3.8, 4) is 5.75 Å². The quantitative estimate of drug-likeness (QED) is 0.768. The van der Waals surface area contributed by atoms with E-state index in [4.69, 9.17) is 9.72 Å². The van der Waals surface area contributed by atoms with Gasteiger partial charge in [-0.15, -0.1) is 0 Å². The van der Waals surface area contributed by atoms with Crippen LogP contribution in [0.4, 0.5) is 11.8 Å². The van der Waals surface area contributed by atoms with Crippen LogP contribution in [0.25, 0.3) is 10.9 Å². The van der Waals surface area contributed by atoms with E-state index in [-0.39, 0.29) is 0 Å². The zero-order chi connectivity index (χ0) is 17.1. The first-order chi connectivity index (χ1) is 12.3. The Balaban J connectivity index is 1.65. The number of anilines is 2. The van der Waals surface area contributed by atoms with Gasteiger partial charge < -0.3 is 15.0 Å². The fourth-order valence-corrected chi connectivity index (χ4v) is 3.33. The lowest BCUT2D eigenvalue weighted by Gasteiger charge is -2.19. The molecule has 128 valence electrons. The number of nitrogens with one attached hydrogen (secondary N) is 1. The highest BCUT2D eigenvalue weighted by Crippen LogP contribution is 2.28. The van der Waals surface area contributed by atoms with E-state index >= 15 is 0 Å². The number of aromatic nitrogens is 2. The van der Waals surface area contributed by atoms with Gasteiger partial charge in [-0.1, -0.05) is 30.3 Å². The van der Waals surface area contributed by atoms with Crippen molar-refractivity contribution >= 4 is 22.7 Å². The molecule has 1 saturated heterocycles. The van der Waals surface area contributed by atoms with Crippen LogP contribution in [0.1, 0.15) is 18.4 Å². The van der Waals surface area contributed by atoms with Crippen molar-refractivity contribution < 1.29 is 4.74 Å². The number of ether oxygens (including phenoxy) is 1. The summed E-state index contributed by atoms with van der Waals surface area (Å²) >= 11 is 0. The van der Waals surface area contributed by atoms with Crippen LogP contribution in [0, 0.1) is 0 Å². The van der Waals surface area contributed by atoms with Gasteiger partial charge in [0, 0.05) is 30.6 Å². The lowest BCUT2D eigenvalue weighted by Crippen LogP contribution is -2.20. The second kappa shape index (κ2) is 6.97. The van der Waals surface area contributed by atoms with Crippen LogP contribution in [-0.2, 0) is 6.54 Å². The van der Waals surface area contributed by atoms with Crippen molar-refractivity contribution in [1.29, 1.82) is 0 Å². The number of rotatable bonds is 5. The van der Waals surface area contributed by atoms with Crippen LogP contribution in [0.5, 0.6) is 5.75 Å². The Morgan fingerprint density at radius 2 is 1.76 bits per heavy atom. The lowest BCUT2D eigenvalue weighted by atomic mass is 10.2. The highest BCUT2D eigenvalue weighted by atomic mass is 16.5. The second-order valence-electron chi connectivity index (χ2n) is 6.25. The van der Waals surface area contributed by atoms with Crippen LogP contribution in [-0.4, -0.2) is 30.2 Å². The van der Waals surface area contributed by atoms with Gasteiger partial charge in [0.25, 0.3) is 0 Å². The predicted molar refractivity (Wildman–Crippen MR) is 101 cm³/mol. The van der Waals surface area contributed by atoms with Crippen molar-refractivity contribution in [3.05, 3.63) is 54.1 Å². The summed E-state index contributed by atoms with van der Waals surface area (Å²) in [5.74, 6) is 2.56. The zero-order valence-electron chi connectivity index (χ0n) is 14.4. The summed E-state index contributed by atoms with van der Waals surface area (Å²) in [7, 11) is 1.69. The largest absolute Gasteiger partial charge is 0.496 e. The number of fused-ring (bicyclic) bond motifs is 1. The van der Waals surface area contributed by atoms with E-state index in [0.29, 0.717) is 12.5 Å². The molecule has 5 heteroatoms. The summed E-state index contributed by atoms with van der Waals surface area (Å²) in [5.41, 5.74) is 2.06. The first-order valence-electron chi connectivity index (χ1n) is 8.72. The molecule has 1 N–H and O–H groups in total. The number of nitrogens with zero attached hydrogens (tertiary/aromatic N) is 3. The molecule has 2 aromatic carbocycles. The predicted octanol–water partition coefficient (Wildman–Crippen LogP) is 3.85. The van der Waals surface area contributed by atoms with E-state index < -0.39 is 0 Å². The maximum absolute atomic E-state index is 5.42. The molecule has 2 heterocycles. The molecule has 4 rings (SSSR count). The Labute approximate surface area is 147 Å². The average molecular weight is 334 g/mol. The molecule has 0 unspecified atom stereocenters. The van der Waals surface area contributed by atoms with E-state index in [0.717, 1.165) is 41.1 Å².